The molecule has 0 radical (unpaired) electrons. The van der Waals surface area contributed by atoms with Gasteiger partial charge in [-0.1, -0.05) is 0 Å². The van der Waals surface area contributed by atoms with Gasteiger partial charge in [0.1, 0.15) is 17.2 Å². The van der Waals surface area contributed by atoms with Crippen LogP contribution in [0.1, 0.15) is 18.1 Å². The molecule has 104 valence electrons. The lowest BCUT2D eigenvalue weighted by Crippen LogP contribution is -2.03. The van der Waals surface area contributed by atoms with Crippen LogP contribution in [-0.2, 0) is 7.05 Å². The second-order valence-electron chi connectivity index (χ2n) is 4.52. The van der Waals surface area contributed by atoms with Gasteiger partial charge < -0.3 is 0 Å². The minimum absolute atomic E-state index is 0.0829. The molecule has 4 nitrogen and oxygen atoms in total. The third kappa shape index (κ3) is 1.96. The number of aromatic nitrogens is 4. The van der Waals surface area contributed by atoms with Gasteiger partial charge in [0.2, 0.25) is 0 Å². The molecular weight excluding hydrogens is 286 g/mol. The first-order valence-electron chi connectivity index (χ1n) is 5.99. The summed E-state index contributed by atoms with van der Waals surface area (Å²) in [5.41, 5.74) is 0.392. The third-order valence-corrected chi connectivity index (χ3v) is 3.18. The lowest BCUT2D eigenvalue weighted by Gasteiger charge is -2.07. The molecule has 0 fully saturated rings. The molecule has 1 unspecified atom stereocenters. The normalized spacial score (nSPS) is 13.1. The predicted octanol–water partition coefficient (Wildman–Crippen LogP) is 3.34. The highest BCUT2D eigenvalue weighted by Crippen LogP contribution is 2.29. The Balaban J connectivity index is 2.40. The van der Waals surface area contributed by atoms with Crippen molar-refractivity contribution in [3.05, 3.63) is 41.9 Å². The van der Waals surface area contributed by atoms with E-state index >= 15 is 0 Å². The minimum atomic E-state index is -0.715. The number of fused-ring (bicyclic) bond motifs is 1. The molecule has 3 rings (SSSR count). The van der Waals surface area contributed by atoms with E-state index in [1.165, 1.54) is 6.07 Å². The van der Waals surface area contributed by atoms with E-state index in [4.69, 9.17) is 11.6 Å². The van der Waals surface area contributed by atoms with Crippen LogP contribution in [-0.4, -0.2) is 19.3 Å². The van der Waals surface area contributed by atoms with E-state index in [2.05, 4.69) is 10.1 Å². The summed E-state index contributed by atoms with van der Waals surface area (Å²) in [5, 5.41) is 3.78. The molecule has 7 heteroatoms. The van der Waals surface area contributed by atoms with Crippen LogP contribution in [0.3, 0.4) is 0 Å². The van der Waals surface area contributed by atoms with Crippen molar-refractivity contribution in [3.63, 3.8) is 0 Å². The van der Waals surface area contributed by atoms with Gasteiger partial charge in [0.05, 0.1) is 10.9 Å². The Morgan fingerprint density at radius 1 is 1.30 bits per heavy atom. The number of rotatable bonds is 2. The summed E-state index contributed by atoms with van der Waals surface area (Å²) in [7, 11) is 1.76. The summed E-state index contributed by atoms with van der Waals surface area (Å²) in [6.07, 6.45) is 1.74. The fourth-order valence-electron chi connectivity index (χ4n) is 2.15. The van der Waals surface area contributed by atoms with E-state index in [9.17, 15) is 8.78 Å². The molecule has 0 aliphatic heterocycles. The topological polar surface area (TPSA) is 35.6 Å². The van der Waals surface area contributed by atoms with E-state index in [1.54, 1.807) is 35.5 Å². The molecule has 0 saturated carbocycles. The molecule has 2 heterocycles. The van der Waals surface area contributed by atoms with Crippen molar-refractivity contribution in [3.8, 4) is 5.82 Å². The number of aryl methyl sites for hydroxylation is 1. The van der Waals surface area contributed by atoms with Crippen LogP contribution in [0.5, 0.6) is 0 Å². The number of hydrogen-bond donors (Lipinski definition) is 0. The molecule has 2 aromatic heterocycles. The number of nitrogens with zero attached hydrogens (tertiary/aromatic N) is 4. The van der Waals surface area contributed by atoms with Crippen LogP contribution < -0.4 is 0 Å². The first-order valence-corrected chi connectivity index (χ1v) is 6.42. The van der Waals surface area contributed by atoms with Crippen molar-refractivity contribution in [2.24, 2.45) is 7.05 Å². The maximum absolute atomic E-state index is 13.8. The maximum atomic E-state index is 13.8. The molecule has 0 aliphatic rings. The third-order valence-electron chi connectivity index (χ3n) is 2.99. The Bertz CT molecular complexity index is 791. The van der Waals surface area contributed by atoms with Crippen LogP contribution >= 0.6 is 11.6 Å². The Kier molecular flexibility index (Phi) is 2.97. The van der Waals surface area contributed by atoms with Gasteiger partial charge >= 0.3 is 0 Å². The summed E-state index contributed by atoms with van der Waals surface area (Å²) in [4.78, 5) is 4.18. The molecule has 1 aromatic carbocycles. The summed E-state index contributed by atoms with van der Waals surface area (Å²) in [6.45, 7) is 1.72. The van der Waals surface area contributed by atoms with Crippen molar-refractivity contribution in [2.45, 2.75) is 12.3 Å². The van der Waals surface area contributed by atoms with Crippen LogP contribution in [0.15, 0.2) is 24.4 Å². The average molecular weight is 297 g/mol. The van der Waals surface area contributed by atoms with Gasteiger partial charge in [0.25, 0.3) is 0 Å². The smallest absolute Gasteiger partial charge is 0.160 e. The monoisotopic (exact) mass is 296 g/mol. The summed E-state index contributed by atoms with van der Waals surface area (Å²) in [5.74, 6) is -0.443. The number of hydrogen-bond acceptors (Lipinski definition) is 2. The van der Waals surface area contributed by atoms with Gasteiger partial charge in [-0.05, 0) is 6.92 Å². The maximum Gasteiger partial charge on any atom is 0.160 e. The van der Waals surface area contributed by atoms with E-state index < -0.39 is 17.0 Å². The van der Waals surface area contributed by atoms with E-state index in [0.29, 0.717) is 17.2 Å². The minimum Gasteiger partial charge on any atom is -0.277 e. The van der Waals surface area contributed by atoms with Crippen molar-refractivity contribution < 1.29 is 8.78 Å². The first-order chi connectivity index (χ1) is 9.47. The molecular formula is C13H11ClF2N4. The summed E-state index contributed by atoms with van der Waals surface area (Å²) < 4.78 is 30.5. The van der Waals surface area contributed by atoms with Gasteiger partial charge in [0, 0.05) is 31.4 Å². The molecule has 0 bridgehead atoms. The molecule has 0 spiro atoms. The second-order valence-corrected chi connectivity index (χ2v) is 5.18. The quantitative estimate of drug-likeness (QED) is 0.680. The largest absolute Gasteiger partial charge is 0.277 e. The van der Waals surface area contributed by atoms with E-state index in [0.717, 1.165) is 6.07 Å². The average Bonchev–Trinajstić information content (AvgIpc) is 2.92. The zero-order chi connectivity index (χ0) is 14.4. The zero-order valence-electron chi connectivity index (χ0n) is 10.8. The Morgan fingerprint density at radius 3 is 2.65 bits per heavy atom. The highest BCUT2D eigenvalue weighted by molar-refractivity contribution is 6.20. The number of benzene rings is 1. The Morgan fingerprint density at radius 2 is 2.05 bits per heavy atom. The Hall–Kier alpha value is -1.95. The van der Waals surface area contributed by atoms with Gasteiger partial charge in [-0.3, -0.25) is 9.25 Å². The van der Waals surface area contributed by atoms with E-state index in [1.807, 2.05) is 0 Å². The van der Waals surface area contributed by atoms with E-state index in [-0.39, 0.29) is 5.52 Å². The molecule has 0 N–H and O–H groups in total. The van der Waals surface area contributed by atoms with Crippen LogP contribution in [0.25, 0.3) is 16.9 Å². The van der Waals surface area contributed by atoms with Crippen molar-refractivity contribution in [1.82, 2.24) is 19.3 Å². The molecule has 0 amide bonds. The molecule has 0 saturated heterocycles. The van der Waals surface area contributed by atoms with Crippen LogP contribution in [0, 0.1) is 11.6 Å². The predicted molar refractivity (Wildman–Crippen MR) is 72.0 cm³/mol. The number of imidazole rings is 1. The number of alkyl halides is 1. The highest BCUT2D eigenvalue weighted by Gasteiger charge is 2.20. The highest BCUT2D eigenvalue weighted by atomic mass is 35.5. The van der Waals surface area contributed by atoms with Gasteiger partial charge in [-0.2, -0.15) is 5.10 Å². The standard InChI is InChI=1S/C13H11ClF2N4/c1-7(14)13-17-12-9(16)5-8(15)6-10(12)20(13)11-3-4-19(2)18-11/h3-7H,1-2H3. The lowest BCUT2D eigenvalue weighted by atomic mass is 10.3. The fourth-order valence-corrected chi connectivity index (χ4v) is 2.30. The fraction of sp³-hybridized carbons (Fsp3) is 0.231. The van der Waals surface area contributed by atoms with Gasteiger partial charge in [0.15, 0.2) is 11.6 Å². The summed E-state index contributed by atoms with van der Waals surface area (Å²) >= 11 is 6.09. The second kappa shape index (κ2) is 4.56. The SMILES string of the molecule is CC(Cl)c1nc2c(F)cc(F)cc2n1-c1ccn(C)n1. The lowest BCUT2D eigenvalue weighted by molar-refractivity contribution is 0.590. The van der Waals surface area contributed by atoms with Gasteiger partial charge in [-0.25, -0.2) is 13.8 Å². The number of halogens is 3. The Labute approximate surface area is 118 Å². The van der Waals surface area contributed by atoms with Crippen LogP contribution in [0.4, 0.5) is 8.78 Å². The van der Waals surface area contributed by atoms with Crippen LogP contribution in [0.2, 0.25) is 0 Å². The molecule has 3 aromatic rings. The summed E-state index contributed by atoms with van der Waals surface area (Å²) in [6, 6.07) is 3.76. The molecule has 0 aliphatic carbocycles. The zero-order valence-corrected chi connectivity index (χ0v) is 11.6. The van der Waals surface area contributed by atoms with Crippen molar-refractivity contribution >= 4 is 22.6 Å². The molecule has 1 atom stereocenters. The first kappa shape index (κ1) is 13.1. The van der Waals surface area contributed by atoms with Gasteiger partial charge in [-0.15, -0.1) is 11.6 Å². The molecule has 20 heavy (non-hydrogen) atoms. The van der Waals surface area contributed by atoms with Crippen molar-refractivity contribution in [2.75, 3.05) is 0 Å². The van der Waals surface area contributed by atoms with Crippen molar-refractivity contribution in [1.29, 1.82) is 0 Å².